The minimum atomic E-state index is -0.340. The predicted octanol–water partition coefficient (Wildman–Crippen LogP) is 4.89. The largest absolute Gasteiger partial charge is 0.323 e. The van der Waals surface area contributed by atoms with E-state index in [1.807, 2.05) is 49.4 Å². The van der Waals surface area contributed by atoms with Crippen LogP contribution in [0.15, 0.2) is 78.9 Å². The first kappa shape index (κ1) is 17.2. The lowest BCUT2D eigenvalue weighted by atomic mass is 10.1. The Bertz CT molecular complexity index is 889. The summed E-state index contributed by atoms with van der Waals surface area (Å²) in [5.74, 6) is -0.200. The lowest BCUT2D eigenvalue weighted by Crippen LogP contribution is -2.19. The van der Waals surface area contributed by atoms with Gasteiger partial charge in [0.1, 0.15) is 0 Å². The van der Waals surface area contributed by atoms with Gasteiger partial charge in [0.25, 0.3) is 5.91 Å². The molecule has 0 aromatic heterocycles. The van der Waals surface area contributed by atoms with Gasteiger partial charge in [0.2, 0.25) is 0 Å². The molecule has 0 radical (unpaired) electrons. The van der Waals surface area contributed by atoms with E-state index in [0.717, 1.165) is 11.3 Å². The number of urea groups is 1. The number of para-hydroxylation sites is 1. The zero-order chi connectivity index (χ0) is 18.4. The predicted molar refractivity (Wildman–Crippen MR) is 105 cm³/mol. The summed E-state index contributed by atoms with van der Waals surface area (Å²) >= 11 is 0. The van der Waals surface area contributed by atoms with Crippen LogP contribution in [0.25, 0.3) is 0 Å². The van der Waals surface area contributed by atoms with E-state index in [-0.39, 0.29) is 11.9 Å². The lowest BCUT2D eigenvalue weighted by Gasteiger charge is -2.09. The molecule has 0 aliphatic heterocycles. The zero-order valence-electron chi connectivity index (χ0n) is 14.3. The van der Waals surface area contributed by atoms with Crippen molar-refractivity contribution < 1.29 is 9.59 Å². The Labute approximate surface area is 152 Å². The van der Waals surface area contributed by atoms with Gasteiger partial charge in [-0.1, -0.05) is 35.9 Å². The minimum absolute atomic E-state index is 0.200. The molecule has 5 nitrogen and oxygen atoms in total. The maximum Gasteiger partial charge on any atom is 0.323 e. The minimum Gasteiger partial charge on any atom is -0.322 e. The van der Waals surface area contributed by atoms with Crippen molar-refractivity contribution in [3.8, 4) is 0 Å². The number of amides is 3. The van der Waals surface area contributed by atoms with E-state index in [1.165, 1.54) is 0 Å². The molecule has 0 saturated heterocycles. The van der Waals surface area contributed by atoms with Gasteiger partial charge >= 0.3 is 6.03 Å². The molecule has 0 atom stereocenters. The van der Waals surface area contributed by atoms with Crippen molar-refractivity contribution in [1.82, 2.24) is 0 Å². The van der Waals surface area contributed by atoms with Crippen molar-refractivity contribution in [2.45, 2.75) is 6.92 Å². The van der Waals surface area contributed by atoms with Crippen LogP contribution < -0.4 is 16.0 Å². The van der Waals surface area contributed by atoms with Gasteiger partial charge < -0.3 is 16.0 Å². The molecular weight excluding hydrogens is 326 g/mol. The number of rotatable bonds is 4. The number of nitrogens with one attached hydrogen (secondary N) is 3. The SMILES string of the molecule is Cc1ccc(NC(=O)c2ccc(NC(=O)Nc3ccccc3)cc2)cc1. The Morgan fingerprint density at radius 1 is 0.615 bits per heavy atom. The smallest absolute Gasteiger partial charge is 0.322 e. The molecule has 3 rings (SSSR count). The van der Waals surface area contributed by atoms with Crippen LogP contribution in [0.2, 0.25) is 0 Å². The molecule has 3 amide bonds. The number of carbonyl (C=O) groups is 2. The summed E-state index contributed by atoms with van der Waals surface area (Å²) in [5.41, 5.74) is 3.70. The van der Waals surface area contributed by atoms with Gasteiger partial charge in [0, 0.05) is 22.6 Å². The van der Waals surface area contributed by atoms with E-state index in [0.29, 0.717) is 16.9 Å². The second-order valence-corrected chi connectivity index (χ2v) is 5.84. The molecule has 0 fully saturated rings. The molecule has 0 bridgehead atoms. The molecule has 3 aromatic carbocycles. The number of carbonyl (C=O) groups excluding carboxylic acids is 2. The molecule has 5 heteroatoms. The van der Waals surface area contributed by atoms with Crippen LogP contribution >= 0.6 is 0 Å². The summed E-state index contributed by atoms with van der Waals surface area (Å²) in [4.78, 5) is 24.2. The fourth-order valence-electron chi connectivity index (χ4n) is 2.36. The highest BCUT2D eigenvalue weighted by Crippen LogP contribution is 2.14. The van der Waals surface area contributed by atoms with Crippen molar-refractivity contribution in [2.75, 3.05) is 16.0 Å². The standard InChI is InChI=1S/C21H19N3O2/c1-15-7-11-18(12-8-15)22-20(25)16-9-13-19(14-10-16)24-21(26)23-17-5-3-2-4-6-17/h2-14H,1H3,(H,22,25)(H2,23,24,26). The van der Waals surface area contributed by atoms with Crippen LogP contribution in [-0.4, -0.2) is 11.9 Å². The number of hydrogen-bond acceptors (Lipinski definition) is 2. The van der Waals surface area contributed by atoms with E-state index >= 15 is 0 Å². The van der Waals surface area contributed by atoms with Crippen LogP contribution in [-0.2, 0) is 0 Å². The van der Waals surface area contributed by atoms with Gasteiger partial charge in [-0.25, -0.2) is 4.79 Å². The summed E-state index contributed by atoms with van der Waals surface area (Å²) in [6.45, 7) is 1.99. The highest BCUT2D eigenvalue weighted by molar-refractivity contribution is 6.05. The van der Waals surface area contributed by atoms with Gasteiger partial charge in [0.05, 0.1) is 0 Å². The monoisotopic (exact) mass is 345 g/mol. The maximum atomic E-state index is 12.3. The topological polar surface area (TPSA) is 70.2 Å². The Morgan fingerprint density at radius 2 is 1.12 bits per heavy atom. The molecule has 3 N–H and O–H groups in total. The molecule has 0 spiro atoms. The first-order valence-corrected chi connectivity index (χ1v) is 8.21. The molecule has 0 saturated carbocycles. The summed E-state index contributed by atoms with van der Waals surface area (Å²) < 4.78 is 0. The van der Waals surface area contributed by atoms with Crippen molar-refractivity contribution in [3.63, 3.8) is 0 Å². The third kappa shape index (κ3) is 4.70. The summed E-state index contributed by atoms with van der Waals surface area (Å²) in [6.07, 6.45) is 0. The Hall–Kier alpha value is -3.60. The first-order chi connectivity index (χ1) is 12.6. The molecule has 0 aliphatic rings. The van der Waals surface area contributed by atoms with Crippen LogP contribution in [0.3, 0.4) is 0 Å². The molecular formula is C21H19N3O2. The van der Waals surface area contributed by atoms with Crippen LogP contribution in [0.5, 0.6) is 0 Å². The lowest BCUT2D eigenvalue weighted by molar-refractivity contribution is 0.102. The van der Waals surface area contributed by atoms with Crippen molar-refractivity contribution >= 4 is 29.0 Å². The third-order valence-electron chi connectivity index (χ3n) is 3.75. The van der Waals surface area contributed by atoms with Gasteiger partial charge in [-0.3, -0.25) is 4.79 Å². The summed E-state index contributed by atoms with van der Waals surface area (Å²) in [7, 11) is 0. The van der Waals surface area contributed by atoms with Gasteiger partial charge in [-0.15, -0.1) is 0 Å². The number of aryl methyl sites for hydroxylation is 1. The van der Waals surface area contributed by atoms with Crippen LogP contribution in [0.4, 0.5) is 21.9 Å². The van der Waals surface area contributed by atoms with Crippen molar-refractivity contribution in [2.24, 2.45) is 0 Å². The molecule has 130 valence electrons. The van der Waals surface area contributed by atoms with Crippen molar-refractivity contribution in [3.05, 3.63) is 90.0 Å². The molecule has 3 aromatic rings. The molecule has 0 heterocycles. The summed E-state index contributed by atoms with van der Waals surface area (Å²) in [5, 5.41) is 8.31. The van der Waals surface area contributed by atoms with E-state index < -0.39 is 0 Å². The number of hydrogen-bond donors (Lipinski definition) is 3. The number of benzene rings is 3. The Kier molecular flexibility index (Phi) is 5.29. The zero-order valence-corrected chi connectivity index (χ0v) is 14.3. The average molecular weight is 345 g/mol. The first-order valence-electron chi connectivity index (χ1n) is 8.21. The fourth-order valence-corrected chi connectivity index (χ4v) is 2.36. The second kappa shape index (κ2) is 7.98. The van der Waals surface area contributed by atoms with E-state index in [4.69, 9.17) is 0 Å². The normalized spacial score (nSPS) is 10.0. The van der Waals surface area contributed by atoms with E-state index in [9.17, 15) is 9.59 Å². The maximum absolute atomic E-state index is 12.3. The Morgan fingerprint density at radius 3 is 1.73 bits per heavy atom. The average Bonchev–Trinajstić information content (AvgIpc) is 2.65. The van der Waals surface area contributed by atoms with Crippen LogP contribution in [0.1, 0.15) is 15.9 Å². The van der Waals surface area contributed by atoms with Crippen molar-refractivity contribution in [1.29, 1.82) is 0 Å². The third-order valence-corrected chi connectivity index (χ3v) is 3.75. The molecule has 0 unspecified atom stereocenters. The van der Waals surface area contributed by atoms with Gasteiger partial charge in [-0.2, -0.15) is 0 Å². The number of anilines is 3. The second-order valence-electron chi connectivity index (χ2n) is 5.84. The summed E-state index contributed by atoms with van der Waals surface area (Å²) in [6, 6.07) is 23.1. The highest BCUT2D eigenvalue weighted by Gasteiger charge is 2.07. The van der Waals surface area contributed by atoms with E-state index in [2.05, 4.69) is 16.0 Å². The quantitative estimate of drug-likeness (QED) is 0.630. The molecule has 26 heavy (non-hydrogen) atoms. The van der Waals surface area contributed by atoms with Crippen LogP contribution in [0, 0.1) is 6.92 Å². The Balaban J connectivity index is 1.58. The molecule has 0 aliphatic carbocycles. The van der Waals surface area contributed by atoms with Gasteiger partial charge in [-0.05, 0) is 55.5 Å². The van der Waals surface area contributed by atoms with E-state index in [1.54, 1.807) is 36.4 Å². The van der Waals surface area contributed by atoms with Gasteiger partial charge in [0.15, 0.2) is 0 Å². The fraction of sp³-hybridized carbons (Fsp3) is 0.0476. The highest BCUT2D eigenvalue weighted by atomic mass is 16.2.